The summed E-state index contributed by atoms with van der Waals surface area (Å²) >= 11 is 11.7. The molecule has 1 aromatic heterocycles. The lowest BCUT2D eigenvalue weighted by Gasteiger charge is -2.28. The topological polar surface area (TPSA) is 117 Å². The van der Waals surface area contributed by atoms with Crippen LogP contribution in [0.1, 0.15) is 11.3 Å². The average Bonchev–Trinajstić information content (AvgIpc) is 3.32. The molecule has 0 aliphatic rings. The van der Waals surface area contributed by atoms with Gasteiger partial charge in [-0.2, -0.15) is 13.2 Å². The molecule has 1 unspecified atom stereocenters. The molecule has 0 aliphatic carbocycles. The lowest BCUT2D eigenvalue weighted by Crippen LogP contribution is -2.50. The fraction of sp³-hybridized carbons (Fsp3) is 0.227. The summed E-state index contributed by atoms with van der Waals surface area (Å²) < 4.78 is 39.6. The Labute approximate surface area is 212 Å². The molecule has 36 heavy (non-hydrogen) atoms. The van der Waals surface area contributed by atoms with E-state index in [4.69, 9.17) is 23.2 Å². The van der Waals surface area contributed by atoms with Crippen molar-refractivity contribution in [1.29, 1.82) is 0 Å². The number of hydrogen-bond acceptors (Lipinski definition) is 5. The number of carbonyl (C=O) groups excluding carboxylic acids is 2. The van der Waals surface area contributed by atoms with Crippen LogP contribution in [0.4, 0.5) is 18.9 Å². The summed E-state index contributed by atoms with van der Waals surface area (Å²) in [5, 5.41) is 18.9. The highest BCUT2D eigenvalue weighted by Gasteiger charge is 2.35. The molecule has 0 spiro atoms. The Morgan fingerprint density at radius 3 is 2.42 bits per heavy atom. The molecular formula is C22H18Cl2F3N5O4. The molecule has 0 fully saturated rings. The van der Waals surface area contributed by atoms with Crippen LogP contribution in [0.5, 0.6) is 0 Å². The van der Waals surface area contributed by atoms with Crippen LogP contribution in [-0.4, -0.2) is 61.3 Å². The zero-order chi connectivity index (χ0) is 26.5. The molecule has 0 saturated heterocycles. The number of hydrogen-bond donors (Lipinski definition) is 2. The smallest absolute Gasteiger partial charge is 0.436 e. The lowest BCUT2D eigenvalue weighted by atomic mass is 10.0. The van der Waals surface area contributed by atoms with E-state index in [1.807, 2.05) is 0 Å². The number of amides is 2. The molecule has 3 rings (SSSR count). The maximum atomic E-state index is 12.9. The maximum absolute atomic E-state index is 12.9. The van der Waals surface area contributed by atoms with Crippen LogP contribution in [0.3, 0.4) is 0 Å². The Morgan fingerprint density at radius 2 is 1.83 bits per heavy atom. The summed E-state index contributed by atoms with van der Waals surface area (Å²) in [6.07, 6.45) is -4.20. The number of benzene rings is 2. The number of alkyl halides is 4. The van der Waals surface area contributed by atoms with Crippen molar-refractivity contribution in [2.45, 2.75) is 18.6 Å². The van der Waals surface area contributed by atoms with E-state index in [1.54, 1.807) is 30.3 Å². The number of carbonyl (C=O) groups is 3. The SMILES string of the molecule is O=C(CN(C(=O)CCl)C(Cc1ccccc1)C(=O)O)Nc1cc(Cl)ccc1-n1cc(C(F)(F)F)nn1. The van der Waals surface area contributed by atoms with Crippen LogP contribution in [0.2, 0.25) is 5.02 Å². The van der Waals surface area contributed by atoms with Crippen molar-refractivity contribution in [3.63, 3.8) is 0 Å². The molecule has 0 saturated carbocycles. The first-order valence-corrected chi connectivity index (χ1v) is 11.1. The highest BCUT2D eigenvalue weighted by atomic mass is 35.5. The van der Waals surface area contributed by atoms with Crippen LogP contribution < -0.4 is 5.32 Å². The van der Waals surface area contributed by atoms with Crippen LogP contribution in [0, 0.1) is 0 Å². The quantitative estimate of drug-likeness (QED) is 0.398. The summed E-state index contributed by atoms with van der Waals surface area (Å²) in [6.45, 7) is -0.702. The number of nitrogens with one attached hydrogen (secondary N) is 1. The molecule has 0 bridgehead atoms. The van der Waals surface area contributed by atoms with Crippen LogP contribution >= 0.6 is 23.2 Å². The first-order valence-electron chi connectivity index (χ1n) is 10.2. The molecule has 3 aromatic rings. The van der Waals surface area contributed by atoms with Gasteiger partial charge in [-0.05, 0) is 23.8 Å². The van der Waals surface area contributed by atoms with Crippen molar-refractivity contribution in [3.8, 4) is 5.69 Å². The number of carboxylic acids is 1. The van der Waals surface area contributed by atoms with E-state index in [9.17, 15) is 32.7 Å². The fourth-order valence-corrected chi connectivity index (χ4v) is 3.61. The first-order chi connectivity index (χ1) is 17.0. The highest BCUT2D eigenvalue weighted by Crippen LogP contribution is 2.29. The summed E-state index contributed by atoms with van der Waals surface area (Å²) in [4.78, 5) is 38.1. The molecule has 14 heteroatoms. The maximum Gasteiger partial charge on any atom is 0.436 e. The molecule has 2 aromatic carbocycles. The van der Waals surface area contributed by atoms with Gasteiger partial charge in [0.25, 0.3) is 0 Å². The number of halogens is 5. The minimum Gasteiger partial charge on any atom is -0.480 e. The van der Waals surface area contributed by atoms with Gasteiger partial charge < -0.3 is 15.3 Å². The van der Waals surface area contributed by atoms with Gasteiger partial charge in [-0.1, -0.05) is 47.1 Å². The fourth-order valence-electron chi connectivity index (χ4n) is 3.28. The number of carboxylic acid groups (broad SMARTS) is 1. The Bertz CT molecular complexity index is 1250. The molecule has 0 radical (unpaired) electrons. The van der Waals surface area contributed by atoms with Crippen molar-refractivity contribution >= 4 is 46.7 Å². The molecule has 1 atom stereocenters. The second-order valence-corrected chi connectivity index (χ2v) is 8.16. The van der Waals surface area contributed by atoms with Gasteiger partial charge in [0.05, 0.1) is 17.6 Å². The van der Waals surface area contributed by atoms with Crippen LogP contribution in [0.15, 0.2) is 54.7 Å². The van der Waals surface area contributed by atoms with Gasteiger partial charge in [-0.15, -0.1) is 16.7 Å². The van der Waals surface area contributed by atoms with E-state index in [0.29, 0.717) is 11.8 Å². The van der Waals surface area contributed by atoms with Crippen molar-refractivity contribution in [1.82, 2.24) is 19.9 Å². The van der Waals surface area contributed by atoms with Crippen LogP contribution in [-0.2, 0) is 27.0 Å². The third-order valence-electron chi connectivity index (χ3n) is 4.95. The van der Waals surface area contributed by atoms with Gasteiger partial charge in [0, 0.05) is 11.4 Å². The largest absolute Gasteiger partial charge is 0.480 e. The molecule has 190 valence electrons. The Morgan fingerprint density at radius 1 is 1.14 bits per heavy atom. The van der Waals surface area contributed by atoms with E-state index in [-0.39, 0.29) is 22.8 Å². The molecule has 0 aliphatic heterocycles. The van der Waals surface area contributed by atoms with Gasteiger partial charge in [0.2, 0.25) is 11.8 Å². The second kappa shape index (κ2) is 11.4. The first kappa shape index (κ1) is 27.0. The van der Waals surface area contributed by atoms with Gasteiger partial charge in [0.1, 0.15) is 18.5 Å². The average molecular weight is 544 g/mol. The van der Waals surface area contributed by atoms with E-state index in [0.717, 1.165) is 9.58 Å². The minimum absolute atomic E-state index is 0.00467. The Hall–Kier alpha value is -3.64. The second-order valence-electron chi connectivity index (χ2n) is 7.45. The highest BCUT2D eigenvalue weighted by molar-refractivity contribution is 6.31. The number of nitrogens with zero attached hydrogens (tertiary/aromatic N) is 4. The predicted octanol–water partition coefficient (Wildman–Crippen LogP) is 3.64. The third kappa shape index (κ3) is 6.73. The van der Waals surface area contributed by atoms with Crippen molar-refractivity contribution in [3.05, 3.63) is 71.0 Å². The zero-order valence-electron chi connectivity index (χ0n) is 18.2. The summed E-state index contributed by atoms with van der Waals surface area (Å²) in [6, 6.07) is 11.0. The summed E-state index contributed by atoms with van der Waals surface area (Å²) in [5.74, 6) is -3.57. The lowest BCUT2D eigenvalue weighted by molar-refractivity contribution is -0.150. The predicted molar refractivity (Wildman–Crippen MR) is 124 cm³/mol. The number of rotatable bonds is 9. The Kier molecular flexibility index (Phi) is 8.53. The number of anilines is 1. The zero-order valence-corrected chi connectivity index (χ0v) is 19.8. The standard InChI is InChI=1S/C22H18Cl2F3N5O4/c23-10-20(34)31(17(21(35)36)8-13-4-2-1-3-5-13)12-19(33)28-15-9-14(24)6-7-16(15)32-11-18(29-30-32)22(25,26)27/h1-7,9,11,17H,8,10,12H2,(H,28,33)(H,35,36). The van der Waals surface area contributed by atoms with Crippen molar-refractivity contribution in [2.24, 2.45) is 0 Å². The molecule has 2 amide bonds. The van der Waals surface area contributed by atoms with Gasteiger partial charge in [0.15, 0.2) is 5.69 Å². The van der Waals surface area contributed by atoms with Crippen LogP contribution in [0.25, 0.3) is 5.69 Å². The number of aromatic nitrogens is 3. The normalized spacial score (nSPS) is 12.1. The minimum atomic E-state index is -4.74. The van der Waals surface area contributed by atoms with E-state index >= 15 is 0 Å². The van der Waals surface area contributed by atoms with Crippen molar-refractivity contribution in [2.75, 3.05) is 17.7 Å². The van der Waals surface area contributed by atoms with E-state index < -0.39 is 48.1 Å². The summed E-state index contributed by atoms with van der Waals surface area (Å²) in [5.41, 5.74) is -0.676. The van der Waals surface area contributed by atoms with Gasteiger partial charge in [-0.3, -0.25) is 9.59 Å². The van der Waals surface area contributed by atoms with E-state index in [2.05, 4.69) is 15.6 Å². The monoisotopic (exact) mass is 543 g/mol. The Balaban J connectivity index is 1.86. The third-order valence-corrected chi connectivity index (χ3v) is 5.41. The molecule has 9 nitrogen and oxygen atoms in total. The molecular weight excluding hydrogens is 526 g/mol. The van der Waals surface area contributed by atoms with E-state index in [1.165, 1.54) is 18.2 Å². The van der Waals surface area contributed by atoms with Gasteiger partial charge in [-0.25, -0.2) is 9.48 Å². The van der Waals surface area contributed by atoms with Crippen molar-refractivity contribution < 1.29 is 32.7 Å². The summed E-state index contributed by atoms with van der Waals surface area (Å²) in [7, 11) is 0. The van der Waals surface area contributed by atoms with Gasteiger partial charge >= 0.3 is 12.1 Å². The number of aliphatic carboxylic acids is 1. The molecule has 1 heterocycles. The molecule has 2 N–H and O–H groups in total.